The Balaban J connectivity index is 2.16. The maximum atomic E-state index is 13.4. The SMILES string of the molecule is CN1c2ccc(F)cc2C(C(=O)O)C2CCCC21. The zero-order chi connectivity index (χ0) is 12.9. The fraction of sp³-hybridized carbons (Fsp3) is 0.500. The summed E-state index contributed by atoms with van der Waals surface area (Å²) in [5.41, 5.74) is 1.50. The maximum Gasteiger partial charge on any atom is 0.311 e. The minimum Gasteiger partial charge on any atom is -0.481 e. The maximum absolute atomic E-state index is 13.4. The molecular weight excluding hydrogens is 233 g/mol. The number of nitrogens with zero attached hydrogens (tertiary/aromatic N) is 1. The molecule has 0 saturated heterocycles. The monoisotopic (exact) mass is 249 g/mol. The van der Waals surface area contributed by atoms with Crippen LogP contribution in [0.2, 0.25) is 0 Å². The van der Waals surface area contributed by atoms with Crippen molar-refractivity contribution in [3.63, 3.8) is 0 Å². The molecule has 4 heteroatoms. The molecule has 1 aliphatic carbocycles. The van der Waals surface area contributed by atoms with E-state index in [1.54, 1.807) is 6.07 Å². The van der Waals surface area contributed by atoms with E-state index in [1.165, 1.54) is 12.1 Å². The van der Waals surface area contributed by atoms with Crippen molar-refractivity contribution in [3.8, 4) is 0 Å². The number of anilines is 1. The average Bonchev–Trinajstić information content (AvgIpc) is 2.77. The fourth-order valence-electron chi connectivity index (χ4n) is 3.66. The Bertz CT molecular complexity index is 503. The second kappa shape index (κ2) is 3.97. The first-order valence-electron chi connectivity index (χ1n) is 6.34. The van der Waals surface area contributed by atoms with Crippen LogP contribution in [0.5, 0.6) is 0 Å². The molecule has 18 heavy (non-hydrogen) atoms. The lowest BCUT2D eigenvalue weighted by Gasteiger charge is -2.41. The van der Waals surface area contributed by atoms with Crippen LogP contribution in [0.25, 0.3) is 0 Å². The normalized spacial score (nSPS) is 29.9. The van der Waals surface area contributed by atoms with Crippen molar-refractivity contribution in [2.45, 2.75) is 31.2 Å². The third kappa shape index (κ3) is 1.51. The lowest BCUT2D eigenvalue weighted by molar-refractivity contribution is -0.140. The average molecular weight is 249 g/mol. The van der Waals surface area contributed by atoms with E-state index in [2.05, 4.69) is 4.90 Å². The highest BCUT2D eigenvalue weighted by atomic mass is 19.1. The molecule has 3 rings (SSSR count). The van der Waals surface area contributed by atoms with Gasteiger partial charge in [0.05, 0.1) is 5.92 Å². The topological polar surface area (TPSA) is 40.5 Å². The molecule has 1 aliphatic heterocycles. The van der Waals surface area contributed by atoms with Gasteiger partial charge in [-0.25, -0.2) is 4.39 Å². The van der Waals surface area contributed by atoms with Gasteiger partial charge < -0.3 is 10.0 Å². The van der Waals surface area contributed by atoms with E-state index >= 15 is 0 Å². The van der Waals surface area contributed by atoms with Gasteiger partial charge in [0.1, 0.15) is 5.82 Å². The first kappa shape index (κ1) is 11.5. The second-order valence-corrected chi connectivity index (χ2v) is 5.29. The number of halogens is 1. The highest BCUT2D eigenvalue weighted by Gasteiger charge is 2.45. The van der Waals surface area contributed by atoms with Crippen LogP contribution in [-0.2, 0) is 4.79 Å². The Morgan fingerprint density at radius 3 is 2.94 bits per heavy atom. The number of hydrogen-bond acceptors (Lipinski definition) is 2. The molecule has 3 unspecified atom stereocenters. The number of carboxylic acids is 1. The van der Waals surface area contributed by atoms with Crippen molar-refractivity contribution in [3.05, 3.63) is 29.6 Å². The number of benzene rings is 1. The van der Waals surface area contributed by atoms with Crippen LogP contribution in [0.1, 0.15) is 30.7 Å². The molecule has 2 aliphatic rings. The van der Waals surface area contributed by atoms with Crippen LogP contribution in [0, 0.1) is 11.7 Å². The number of carboxylic acid groups (broad SMARTS) is 1. The summed E-state index contributed by atoms with van der Waals surface area (Å²) in [5, 5.41) is 9.47. The molecule has 96 valence electrons. The van der Waals surface area contributed by atoms with Crippen molar-refractivity contribution in [2.24, 2.45) is 5.92 Å². The third-order valence-corrected chi connectivity index (χ3v) is 4.43. The van der Waals surface area contributed by atoms with Crippen molar-refractivity contribution in [1.82, 2.24) is 0 Å². The van der Waals surface area contributed by atoms with Gasteiger partial charge in [0.25, 0.3) is 0 Å². The zero-order valence-electron chi connectivity index (χ0n) is 10.3. The molecule has 0 spiro atoms. The van der Waals surface area contributed by atoms with Crippen molar-refractivity contribution in [1.29, 1.82) is 0 Å². The van der Waals surface area contributed by atoms with E-state index in [4.69, 9.17) is 0 Å². The summed E-state index contributed by atoms with van der Waals surface area (Å²) in [4.78, 5) is 13.7. The Hall–Kier alpha value is -1.58. The van der Waals surface area contributed by atoms with Crippen LogP contribution in [0.3, 0.4) is 0 Å². The number of hydrogen-bond donors (Lipinski definition) is 1. The number of fused-ring (bicyclic) bond motifs is 2. The Morgan fingerprint density at radius 1 is 1.44 bits per heavy atom. The Morgan fingerprint density at radius 2 is 2.22 bits per heavy atom. The van der Waals surface area contributed by atoms with Gasteiger partial charge in [-0.1, -0.05) is 6.42 Å². The molecule has 0 aromatic heterocycles. The van der Waals surface area contributed by atoms with Crippen LogP contribution >= 0.6 is 0 Å². The molecule has 0 bridgehead atoms. The summed E-state index contributed by atoms with van der Waals surface area (Å²) >= 11 is 0. The molecule has 3 atom stereocenters. The van der Waals surface area contributed by atoms with E-state index in [9.17, 15) is 14.3 Å². The van der Waals surface area contributed by atoms with Gasteiger partial charge in [-0.15, -0.1) is 0 Å². The molecule has 1 heterocycles. The minimum atomic E-state index is -0.827. The van der Waals surface area contributed by atoms with E-state index < -0.39 is 11.9 Å². The van der Waals surface area contributed by atoms with E-state index in [1.807, 2.05) is 7.05 Å². The summed E-state index contributed by atoms with van der Waals surface area (Å²) in [6, 6.07) is 4.78. The van der Waals surface area contributed by atoms with Gasteiger partial charge in [-0.05, 0) is 42.5 Å². The van der Waals surface area contributed by atoms with E-state index in [-0.39, 0.29) is 17.8 Å². The van der Waals surface area contributed by atoms with Gasteiger partial charge in [-0.2, -0.15) is 0 Å². The Labute approximate surface area is 105 Å². The summed E-state index contributed by atoms with van der Waals surface area (Å²) in [6.07, 6.45) is 3.00. The first-order valence-corrected chi connectivity index (χ1v) is 6.34. The van der Waals surface area contributed by atoms with Crippen molar-refractivity contribution < 1.29 is 14.3 Å². The number of carbonyl (C=O) groups is 1. The smallest absolute Gasteiger partial charge is 0.311 e. The molecular formula is C14H16FNO2. The lowest BCUT2D eigenvalue weighted by atomic mass is 9.78. The Kier molecular flexibility index (Phi) is 2.54. The lowest BCUT2D eigenvalue weighted by Crippen LogP contribution is -2.44. The van der Waals surface area contributed by atoms with Gasteiger partial charge in [0.2, 0.25) is 0 Å². The number of rotatable bonds is 1. The predicted octanol–water partition coefficient (Wildman–Crippen LogP) is 2.61. The molecule has 0 radical (unpaired) electrons. The molecule has 1 aromatic carbocycles. The molecule has 3 nitrogen and oxygen atoms in total. The van der Waals surface area contributed by atoms with Gasteiger partial charge in [0, 0.05) is 18.8 Å². The molecule has 1 saturated carbocycles. The predicted molar refractivity (Wildman–Crippen MR) is 66.3 cm³/mol. The summed E-state index contributed by atoms with van der Waals surface area (Å²) < 4.78 is 13.4. The van der Waals surface area contributed by atoms with Gasteiger partial charge in [-0.3, -0.25) is 4.79 Å². The van der Waals surface area contributed by atoms with Crippen molar-refractivity contribution in [2.75, 3.05) is 11.9 Å². The molecule has 1 aromatic rings. The first-order chi connectivity index (χ1) is 8.59. The molecule has 1 N–H and O–H groups in total. The summed E-state index contributed by atoms with van der Waals surface area (Å²) in [7, 11) is 1.98. The van der Waals surface area contributed by atoms with Gasteiger partial charge >= 0.3 is 5.97 Å². The molecule has 0 amide bonds. The van der Waals surface area contributed by atoms with Crippen LogP contribution in [-0.4, -0.2) is 24.2 Å². The van der Waals surface area contributed by atoms with E-state index in [0.717, 1.165) is 24.9 Å². The third-order valence-electron chi connectivity index (χ3n) is 4.43. The standard InChI is InChI=1S/C14H16FNO2/c1-16-11-4-2-3-9(11)13(14(17)18)10-7-8(15)5-6-12(10)16/h5-7,9,11,13H,2-4H2,1H3,(H,17,18). The highest BCUT2D eigenvalue weighted by Crippen LogP contribution is 2.48. The highest BCUT2D eigenvalue weighted by molar-refractivity contribution is 5.81. The van der Waals surface area contributed by atoms with Crippen LogP contribution in [0.4, 0.5) is 10.1 Å². The number of aliphatic carboxylic acids is 1. The second-order valence-electron chi connectivity index (χ2n) is 5.29. The largest absolute Gasteiger partial charge is 0.481 e. The quantitative estimate of drug-likeness (QED) is 0.831. The van der Waals surface area contributed by atoms with Crippen LogP contribution < -0.4 is 4.90 Å². The molecule has 1 fully saturated rings. The van der Waals surface area contributed by atoms with Gasteiger partial charge in [0.15, 0.2) is 0 Å². The van der Waals surface area contributed by atoms with Crippen molar-refractivity contribution >= 4 is 11.7 Å². The zero-order valence-corrected chi connectivity index (χ0v) is 10.3. The van der Waals surface area contributed by atoms with E-state index in [0.29, 0.717) is 5.56 Å². The summed E-state index contributed by atoms with van der Waals surface area (Å²) in [5.74, 6) is -1.63. The van der Waals surface area contributed by atoms with Crippen LogP contribution in [0.15, 0.2) is 18.2 Å². The minimum absolute atomic E-state index is 0.113. The summed E-state index contributed by atoms with van der Waals surface area (Å²) in [6.45, 7) is 0. The fourth-order valence-corrected chi connectivity index (χ4v) is 3.66.